The molecule has 0 bridgehead atoms. The molecule has 0 unspecified atom stereocenters. The number of halogens is 4. The van der Waals surface area contributed by atoms with Crippen LogP contribution in [-0.2, 0) is 26.1 Å². The van der Waals surface area contributed by atoms with Crippen LogP contribution in [0.25, 0.3) is 11.1 Å². The number of hydrogen-bond acceptors (Lipinski definition) is 11. The number of Topliss-reactive ketones (excluding diaryl/α,β-unsaturated/α-hetero) is 1. The van der Waals surface area contributed by atoms with Crippen LogP contribution in [0.15, 0.2) is 136 Å². The topological polar surface area (TPSA) is 153 Å². The monoisotopic (exact) mass is 972 g/mol. The number of hydrogen-bond donors (Lipinski definition) is 3. The third-order valence-electron chi connectivity index (χ3n) is 11.7. The molecule has 0 saturated carbocycles. The van der Waals surface area contributed by atoms with E-state index in [0.717, 1.165) is 39.4 Å². The van der Waals surface area contributed by atoms with Crippen molar-refractivity contribution in [3.8, 4) is 11.1 Å². The Kier molecular flexibility index (Phi) is 17.4. The van der Waals surface area contributed by atoms with E-state index in [4.69, 9.17) is 11.6 Å². The lowest BCUT2D eigenvalue weighted by Gasteiger charge is -2.36. The number of nitrogens with zero attached hydrogens (tertiary/aromatic N) is 2. The van der Waals surface area contributed by atoms with Crippen LogP contribution in [0, 0.1) is 11.8 Å². The predicted molar refractivity (Wildman–Crippen MR) is 249 cm³/mol. The molecule has 1 aliphatic heterocycles. The molecule has 2 atom stereocenters. The number of sulfone groups is 2. The molecule has 5 aromatic rings. The summed E-state index contributed by atoms with van der Waals surface area (Å²) in [5.41, 5.74) is -2.42. The molecule has 0 aliphatic carbocycles. The van der Waals surface area contributed by atoms with Crippen molar-refractivity contribution in [2.24, 2.45) is 11.8 Å². The van der Waals surface area contributed by atoms with Gasteiger partial charge < -0.3 is 20.2 Å². The summed E-state index contributed by atoms with van der Waals surface area (Å²) < 4.78 is 96.1. The van der Waals surface area contributed by atoms with Gasteiger partial charge in [-0.2, -0.15) is 13.2 Å². The summed E-state index contributed by atoms with van der Waals surface area (Å²) in [5, 5.41) is 31.1. The lowest BCUT2D eigenvalue weighted by Crippen LogP contribution is -2.35. The van der Waals surface area contributed by atoms with Crippen molar-refractivity contribution in [2.75, 3.05) is 62.3 Å². The molecule has 1 saturated heterocycles. The summed E-state index contributed by atoms with van der Waals surface area (Å²) in [6.07, 6.45) is 0.867. The zero-order chi connectivity index (χ0) is 46.8. The Hall–Kier alpha value is -4.26. The zero-order valence-electron chi connectivity index (χ0n) is 35.5. The molecule has 17 heteroatoms. The Balaban J connectivity index is 1.14. The van der Waals surface area contributed by atoms with Gasteiger partial charge >= 0.3 is 5.51 Å². The van der Waals surface area contributed by atoms with E-state index in [1.54, 1.807) is 17.0 Å². The molecule has 0 aromatic heterocycles. The lowest BCUT2D eigenvalue weighted by molar-refractivity contribution is -0.0436. The second kappa shape index (κ2) is 22.5. The van der Waals surface area contributed by atoms with Gasteiger partial charge in [-0.1, -0.05) is 72.3 Å². The average Bonchev–Trinajstić information content (AvgIpc) is 3.30. The van der Waals surface area contributed by atoms with Crippen LogP contribution in [-0.4, -0.2) is 106 Å². The Bertz CT molecular complexity index is 2570. The van der Waals surface area contributed by atoms with E-state index in [0.29, 0.717) is 55.7 Å². The van der Waals surface area contributed by atoms with Crippen molar-refractivity contribution in [2.45, 2.75) is 52.0 Å². The van der Waals surface area contributed by atoms with Crippen LogP contribution in [0.4, 0.5) is 18.9 Å². The van der Waals surface area contributed by atoms with E-state index < -0.39 is 58.5 Å². The first-order valence-electron chi connectivity index (χ1n) is 21.2. The first-order chi connectivity index (χ1) is 31.0. The third-order valence-corrected chi connectivity index (χ3v) is 16.4. The van der Waals surface area contributed by atoms with Gasteiger partial charge in [0, 0.05) is 53.1 Å². The summed E-state index contributed by atoms with van der Waals surface area (Å²) in [6, 6.07) is 33.4. The van der Waals surface area contributed by atoms with Gasteiger partial charge in [0.05, 0.1) is 29.1 Å². The number of ketones is 1. The van der Waals surface area contributed by atoms with Crippen LogP contribution < -0.4 is 4.90 Å². The van der Waals surface area contributed by atoms with Gasteiger partial charge in [-0.05, 0) is 127 Å². The largest absolute Gasteiger partial charge is 0.501 e. The summed E-state index contributed by atoms with van der Waals surface area (Å²) in [4.78, 5) is 16.3. The molecule has 3 N–H and O–H groups in total. The van der Waals surface area contributed by atoms with Crippen molar-refractivity contribution < 1.29 is 50.1 Å². The van der Waals surface area contributed by atoms with Crippen molar-refractivity contribution in [3.63, 3.8) is 0 Å². The highest BCUT2D eigenvalue weighted by molar-refractivity contribution is 7.99. The molecule has 348 valence electrons. The fourth-order valence-electron chi connectivity index (χ4n) is 8.11. The summed E-state index contributed by atoms with van der Waals surface area (Å²) in [5.74, 6) is -1.99. The molecule has 10 nitrogen and oxygen atoms in total. The van der Waals surface area contributed by atoms with Gasteiger partial charge in [0.25, 0.3) is 9.84 Å². The number of aliphatic hydroxyl groups is 3. The molecule has 1 aliphatic rings. The quantitative estimate of drug-likeness (QED) is 0.0479. The Morgan fingerprint density at radius 3 is 2.08 bits per heavy atom. The molecule has 0 spiro atoms. The first kappa shape index (κ1) is 50.2. The number of alkyl halides is 3. The maximum atomic E-state index is 14.2. The van der Waals surface area contributed by atoms with Gasteiger partial charge in [0.2, 0.25) is 0 Å². The van der Waals surface area contributed by atoms with E-state index in [-0.39, 0.29) is 49.8 Å². The van der Waals surface area contributed by atoms with Crippen molar-refractivity contribution in [3.05, 3.63) is 143 Å². The molecular formula is C48H52ClF3N2O8S3. The van der Waals surface area contributed by atoms with Crippen LogP contribution in [0.2, 0.25) is 5.02 Å². The number of carbonyl (C=O) groups excluding carboxylic acids is 1. The smallest absolute Gasteiger partial charge is 0.395 e. The Labute approximate surface area is 387 Å². The fourth-order valence-corrected chi connectivity index (χ4v) is 11.7. The minimum Gasteiger partial charge on any atom is -0.395 e. The highest BCUT2D eigenvalue weighted by Crippen LogP contribution is 2.39. The van der Waals surface area contributed by atoms with Gasteiger partial charge in [-0.25, -0.2) is 16.8 Å². The van der Waals surface area contributed by atoms with Crippen LogP contribution in [0.3, 0.4) is 0 Å². The molecule has 6 rings (SSSR count). The van der Waals surface area contributed by atoms with E-state index in [2.05, 4.69) is 4.90 Å². The molecule has 65 heavy (non-hydrogen) atoms. The van der Waals surface area contributed by atoms with E-state index in [1.165, 1.54) is 23.9 Å². The number of thioether (sulfide) groups is 1. The number of piperidine rings is 1. The number of aliphatic hydroxyl groups excluding tert-OH is 3. The molecule has 0 amide bonds. The van der Waals surface area contributed by atoms with E-state index >= 15 is 0 Å². The van der Waals surface area contributed by atoms with Crippen LogP contribution in [0.5, 0.6) is 0 Å². The SMILES string of the molecule is O=C(CS(=O)(=O)c1ccc(C[C@H](CCN(CCO)CCO)CSc2ccccc2)c(S(=O)(=O)C(F)(F)F)c1)c1ccc(N2CCC([C@@H](O)c3ccccc3-c3ccc(Cl)cc3)CC2)cc1. The fraction of sp³-hybridized carbons (Fsp3) is 0.354. The number of carbonyl (C=O) groups is 1. The van der Waals surface area contributed by atoms with Gasteiger partial charge in [-0.3, -0.25) is 9.69 Å². The number of rotatable bonds is 21. The third kappa shape index (κ3) is 13.0. The van der Waals surface area contributed by atoms with Crippen LogP contribution in [0.1, 0.15) is 46.9 Å². The lowest BCUT2D eigenvalue weighted by atomic mass is 9.84. The highest BCUT2D eigenvalue weighted by atomic mass is 35.5. The van der Waals surface area contributed by atoms with E-state index in [9.17, 15) is 50.1 Å². The Morgan fingerprint density at radius 2 is 1.45 bits per heavy atom. The first-order valence-corrected chi connectivity index (χ1v) is 25.7. The van der Waals surface area contributed by atoms with Gasteiger partial charge in [-0.15, -0.1) is 11.8 Å². The summed E-state index contributed by atoms with van der Waals surface area (Å²) >= 11 is 7.53. The minimum atomic E-state index is -6.04. The molecule has 5 aromatic carbocycles. The molecule has 0 radical (unpaired) electrons. The summed E-state index contributed by atoms with van der Waals surface area (Å²) in [7, 11) is -10.7. The average molecular weight is 974 g/mol. The zero-order valence-corrected chi connectivity index (χ0v) is 38.7. The minimum absolute atomic E-state index is 0.0164. The maximum Gasteiger partial charge on any atom is 0.501 e. The van der Waals surface area contributed by atoms with Crippen molar-refractivity contribution in [1.29, 1.82) is 0 Å². The Morgan fingerprint density at radius 1 is 0.815 bits per heavy atom. The van der Waals surface area contributed by atoms with Crippen molar-refractivity contribution in [1.82, 2.24) is 4.90 Å². The second-order valence-corrected chi connectivity index (χ2v) is 21.5. The molecule has 1 heterocycles. The normalized spacial score (nSPS) is 15.0. The van der Waals surface area contributed by atoms with Gasteiger partial charge in [0.15, 0.2) is 15.6 Å². The summed E-state index contributed by atoms with van der Waals surface area (Å²) in [6.45, 7) is 1.71. The predicted octanol–water partition coefficient (Wildman–Crippen LogP) is 8.53. The number of benzene rings is 5. The van der Waals surface area contributed by atoms with Gasteiger partial charge in [0.1, 0.15) is 5.75 Å². The maximum absolute atomic E-state index is 14.2. The van der Waals surface area contributed by atoms with E-state index in [1.807, 2.05) is 78.9 Å². The second-order valence-electron chi connectivity index (χ2n) is 16.1. The van der Waals surface area contributed by atoms with Crippen LogP contribution >= 0.6 is 23.4 Å². The number of anilines is 1. The molecule has 1 fully saturated rings. The highest BCUT2D eigenvalue weighted by Gasteiger charge is 2.48. The molecular weight excluding hydrogens is 921 g/mol. The van der Waals surface area contributed by atoms with Crippen molar-refractivity contribution >= 4 is 54.5 Å². The standard InChI is InChI=1S/C48H52ClF3N2O8S3/c49-39-15-10-35(11-16-39)43-8-4-5-9-44(43)47(58)37-21-24-54(25-22-37)40-17-12-36(13-18-40)45(57)33-64(59,60)42-19-14-38(46(31-42)65(61,62)48(50,51)52)30-34(20-23-53(26-28-55)27-29-56)32-63-41-6-2-1-3-7-41/h1-19,31,34,37,47,55-56,58H,20-30,32-33H2/t34-,47+/m0/s1.